The van der Waals surface area contributed by atoms with Crippen molar-refractivity contribution in [2.24, 2.45) is 5.92 Å². The molecule has 162 valence electrons. The summed E-state index contributed by atoms with van der Waals surface area (Å²) in [5, 5.41) is 13.9. The number of anilines is 1. The fourth-order valence-electron chi connectivity index (χ4n) is 3.19. The zero-order chi connectivity index (χ0) is 20.9. The summed E-state index contributed by atoms with van der Waals surface area (Å²) in [7, 11) is -3.21. The molecular weight excluding hydrogens is 438 g/mol. The SMILES string of the molecule is CS(=O)(=O)N1CCC(C(=O)Nc2nnc(SCC(=O)NCC3CCCO3)s2)CC1. The van der Waals surface area contributed by atoms with Gasteiger partial charge >= 0.3 is 0 Å². The van der Waals surface area contributed by atoms with E-state index in [-0.39, 0.29) is 29.6 Å². The molecule has 1 unspecified atom stereocenters. The number of carbonyl (C=O) groups is 2. The summed E-state index contributed by atoms with van der Waals surface area (Å²) in [6, 6.07) is 0. The van der Waals surface area contributed by atoms with E-state index in [1.165, 1.54) is 33.7 Å². The molecule has 2 aliphatic heterocycles. The summed E-state index contributed by atoms with van der Waals surface area (Å²) in [4.78, 5) is 24.3. The van der Waals surface area contributed by atoms with Gasteiger partial charge in [-0.3, -0.25) is 9.59 Å². The van der Waals surface area contributed by atoms with Gasteiger partial charge in [-0.1, -0.05) is 23.1 Å². The number of amides is 2. The summed E-state index contributed by atoms with van der Waals surface area (Å²) < 4.78 is 30.5. The van der Waals surface area contributed by atoms with Crippen LogP contribution in [0.3, 0.4) is 0 Å². The molecule has 2 aliphatic rings. The third-order valence-electron chi connectivity index (χ3n) is 4.81. The van der Waals surface area contributed by atoms with Crippen molar-refractivity contribution < 1.29 is 22.7 Å². The average Bonchev–Trinajstić information content (AvgIpc) is 3.36. The molecule has 3 rings (SSSR count). The largest absolute Gasteiger partial charge is 0.376 e. The van der Waals surface area contributed by atoms with Crippen LogP contribution in [0, 0.1) is 5.92 Å². The molecule has 2 fully saturated rings. The van der Waals surface area contributed by atoms with Crippen LogP contribution in [0.1, 0.15) is 25.7 Å². The van der Waals surface area contributed by atoms with Crippen molar-refractivity contribution in [1.82, 2.24) is 19.8 Å². The Morgan fingerprint density at radius 2 is 2.03 bits per heavy atom. The van der Waals surface area contributed by atoms with Crippen molar-refractivity contribution >= 4 is 50.1 Å². The zero-order valence-electron chi connectivity index (χ0n) is 16.1. The van der Waals surface area contributed by atoms with Gasteiger partial charge in [-0.2, -0.15) is 0 Å². The van der Waals surface area contributed by atoms with Gasteiger partial charge in [0, 0.05) is 32.2 Å². The van der Waals surface area contributed by atoms with Gasteiger partial charge in [0.1, 0.15) is 0 Å². The lowest BCUT2D eigenvalue weighted by Gasteiger charge is -2.29. The van der Waals surface area contributed by atoms with E-state index in [4.69, 9.17) is 4.74 Å². The molecule has 3 heterocycles. The number of rotatable bonds is 8. The number of hydrogen-bond donors (Lipinski definition) is 2. The summed E-state index contributed by atoms with van der Waals surface area (Å²) >= 11 is 2.48. The van der Waals surface area contributed by atoms with Gasteiger partial charge in [-0.25, -0.2) is 12.7 Å². The highest BCUT2D eigenvalue weighted by atomic mass is 32.2. The van der Waals surface area contributed by atoms with Gasteiger partial charge in [-0.15, -0.1) is 10.2 Å². The van der Waals surface area contributed by atoms with E-state index in [0.29, 0.717) is 41.9 Å². The second-order valence-electron chi connectivity index (χ2n) is 7.03. The number of thioether (sulfide) groups is 1. The van der Waals surface area contributed by atoms with Gasteiger partial charge in [0.25, 0.3) is 0 Å². The molecular formula is C16H25N5O5S3. The molecule has 0 aromatic carbocycles. The summed E-state index contributed by atoms with van der Waals surface area (Å²) in [6.45, 7) is 1.96. The number of ether oxygens (including phenoxy) is 1. The summed E-state index contributed by atoms with van der Waals surface area (Å²) in [5.41, 5.74) is 0. The lowest BCUT2D eigenvalue weighted by atomic mass is 9.97. The minimum Gasteiger partial charge on any atom is -0.376 e. The molecule has 2 N–H and O–H groups in total. The van der Waals surface area contributed by atoms with Gasteiger partial charge in [0.15, 0.2) is 4.34 Å². The van der Waals surface area contributed by atoms with Crippen LogP contribution < -0.4 is 10.6 Å². The van der Waals surface area contributed by atoms with Crippen LogP contribution in [0.5, 0.6) is 0 Å². The maximum Gasteiger partial charge on any atom is 0.230 e. The van der Waals surface area contributed by atoms with Crippen LogP contribution in [-0.4, -0.2) is 79.1 Å². The minimum absolute atomic E-state index is 0.0936. The van der Waals surface area contributed by atoms with E-state index in [1.54, 1.807) is 0 Å². The molecule has 0 bridgehead atoms. The van der Waals surface area contributed by atoms with Crippen molar-refractivity contribution in [1.29, 1.82) is 0 Å². The Balaban J connectivity index is 1.38. The highest BCUT2D eigenvalue weighted by molar-refractivity contribution is 8.01. The molecule has 29 heavy (non-hydrogen) atoms. The molecule has 1 atom stereocenters. The first kappa shape index (κ1) is 22.4. The average molecular weight is 464 g/mol. The lowest BCUT2D eigenvalue weighted by Crippen LogP contribution is -2.40. The molecule has 1 aromatic heterocycles. The fraction of sp³-hybridized carbons (Fsp3) is 0.750. The number of aromatic nitrogens is 2. The second-order valence-corrected chi connectivity index (χ2v) is 11.2. The van der Waals surface area contributed by atoms with Crippen LogP contribution in [0.4, 0.5) is 5.13 Å². The van der Waals surface area contributed by atoms with Crippen LogP contribution in [-0.2, 0) is 24.3 Å². The number of nitrogens with zero attached hydrogens (tertiary/aromatic N) is 3. The molecule has 0 radical (unpaired) electrons. The first-order chi connectivity index (χ1) is 13.8. The van der Waals surface area contributed by atoms with Crippen molar-refractivity contribution in [3.8, 4) is 0 Å². The predicted octanol–water partition coefficient (Wildman–Crippen LogP) is 0.536. The highest BCUT2D eigenvalue weighted by Crippen LogP contribution is 2.27. The van der Waals surface area contributed by atoms with Gasteiger partial charge in [-0.05, 0) is 25.7 Å². The Morgan fingerprint density at radius 1 is 1.28 bits per heavy atom. The maximum absolute atomic E-state index is 12.4. The molecule has 2 amide bonds. The van der Waals surface area contributed by atoms with E-state index in [2.05, 4.69) is 20.8 Å². The van der Waals surface area contributed by atoms with Crippen molar-refractivity contribution in [2.45, 2.75) is 36.1 Å². The van der Waals surface area contributed by atoms with Gasteiger partial charge in [0.2, 0.25) is 27.0 Å². The standard InChI is InChI=1S/C16H25N5O5S3/c1-29(24,25)21-6-4-11(5-7-21)14(23)18-15-19-20-16(28-15)27-10-13(22)17-9-12-3-2-8-26-12/h11-12H,2-10H2,1H3,(H,17,22)(H,18,19,23). The molecule has 1 aromatic rings. The van der Waals surface area contributed by atoms with Crippen molar-refractivity contribution in [3.05, 3.63) is 0 Å². The Hall–Kier alpha value is -1.28. The van der Waals surface area contributed by atoms with Crippen LogP contribution in [0.15, 0.2) is 4.34 Å². The van der Waals surface area contributed by atoms with Gasteiger partial charge in [0.05, 0.1) is 18.1 Å². The smallest absolute Gasteiger partial charge is 0.230 e. The fourth-order valence-corrected chi connectivity index (χ4v) is 5.65. The number of hydrogen-bond acceptors (Lipinski definition) is 9. The Morgan fingerprint density at radius 3 is 2.69 bits per heavy atom. The van der Waals surface area contributed by atoms with Crippen LogP contribution >= 0.6 is 23.1 Å². The molecule has 13 heteroatoms. The van der Waals surface area contributed by atoms with Crippen molar-refractivity contribution in [3.63, 3.8) is 0 Å². The maximum atomic E-state index is 12.4. The molecule has 0 saturated carbocycles. The van der Waals surface area contributed by atoms with E-state index in [0.717, 1.165) is 19.4 Å². The van der Waals surface area contributed by atoms with Crippen LogP contribution in [0.2, 0.25) is 0 Å². The number of sulfonamides is 1. The quantitative estimate of drug-likeness (QED) is 0.422. The molecule has 0 spiro atoms. The van der Waals surface area contributed by atoms with E-state index < -0.39 is 10.0 Å². The Kier molecular flexibility index (Phi) is 7.85. The normalized spacial score (nSPS) is 21.2. The molecule has 2 saturated heterocycles. The lowest BCUT2D eigenvalue weighted by molar-refractivity contribution is -0.121. The van der Waals surface area contributed by atoms with Gasteiger partial charge < -0.3 is 15.4 Å². The highest BCUT2D eigenvalue weighted by Gasteiger charge is 2.29. The van der Waals surface area contributed by atoms with Crippen LogP contribution in [0.25, 0.3) is 0 Å². The topological polar surface area (TPSA) is 131 Å². The van der Waals surface area contributed by atoms with Crippen molar-refractivity contribution in [2.75, 3.05) is 43.6 Å². The minimum atomic E-state index is -3.21. The first-order valence-corrected chi connectivity index (χ1v) is 13.1. The predicted molar refractivity (Wildman–Crippen MR) is 110 cm³/mol. The number of carbonyl (C=O) groups excluding carboxylic acids is 2. The third kappa shape index (κ3) is 6.88. The zero-order valence-corrected chi connectivity index (χ0v) is 18.6. The monoisotopic (exact) mass is 463 g/mol. The van der Waals surface area contributed by atoms with E-state index in [9.17, 15) is 18.0 Å². The number of piperidine rings is 1. The molecule has 0 aliphatic carbocycles. The Bertz CT molecular complexity index is 817. The molecule has 10 nitrogen and oxygen atoms in total. The summed E-state index contributed by atoms with van der Waals surface area (Å²) in [5.74, 6) is -0.306. The Labute approximate surface area is 178 Å². The first-order valence-electron chi connectivity index (χ1n) is 9.42. The van der Waals surface area contributed by atoms with E-state index in [1.807, 2.05) is 0 Å². The second kappa shape index (κ2) is 10.2. The third-order valence-corrected chi connectivity index (χ3v) is 8.08. The summed E-state index contributed by atoms with van der Waals surface area (Å²) in [6.07, 6.45) is 4.24. The van der Waals surface area contributed by atoms with E-state index >= 15 is 0 Å². The number of nitrogens with one attached hydrogen (secondary N) is 2.